The third-order valence-electron chi connectivity index (χ3n) is 0.564. The molecule has 0 amide bonds. The monoisotopic (exact) mass is 234 g/mol. The molecule has 0 aromatic rings. The zero-order chi connectivity index (χ0) is 9.78. The molecule has 0 rings (SSSR count). The van der Waals surface area contributed by atoms with Crippen LogP contribution < -0.4 is 9.79 Å². The SMILES string of the molecule is O=C(O)/C=C\C(=O)OP(=O)([O-])[O-].[Ca+2]. The molecule has 0 radical (unpaired) electrons. The van der Waals surface area contributed by atoms with Crippen LogP contribution in [0.5, 0.6) is 0 Å². The summed E-state index contributed by atoms with van der Waals surface area (Å²) in [6.45, 7) is 0. The predicted octanol–water partition coefficient (Wildman–Crippen LogP) is -2.38. The third-order valence-corrected chi connectivity index (χ3v) is 0.967. The molecule has 0 bridgehead atoms. The molecule has 0 aliphatic rings. The zero-order valence-corrected chi connectivity index (χ0v) is 9.31. The first kappa shape index (κ1) is 15.6. The Labute approximate surface area is 103 Å². The van der Waals surface area contributed by atoms with E-state index < -0.39 is 19.8 Å². The van der Waals surface area contributed by atoms with Crippen molar-refractivity contribution in [2.24, 2.45) is 0 Å². The summed E-state index contributed by atoms with van der Waals surface area (Å²) in [7, 11) is -5.38. The van der Waals surface area contributed by atoms with E-state index in [1.54, 1.807) is 0 Å². The van der Waals surface area contributed by atoms with Gasteiger partial charge in [0.25, 0.3) is 0 Å². The number of carbonyl (C=O) groups excluding carboxylic acids is 1. The van der Waals surface area contributed by atoms with E-state index in [0.717, 1.165) is 0 Å². The Morgan fingerprint density at radius 2 is 1.77 bits per heavy atom. The largest absolute Gasteiger partial charge is 2.00 e. The van der Waals surface area contributed by atoms with Crippen LogP contribution in [0.25, 0.3) is 0 Å². The first-order valence-corrected chi connectivity index (χ1v) is 3.94. The Hall–Kier alpha value is 0.0897. The fourth-order valence-electron chi connectivity index (χ4n) is 0.280. The van der Waals surface area contributed by atoms with E-state index in [-0.39, 0.29) is 37.7 Å². The van der Waals surface area contributed by atoms with E-state index >= 15 is 0 Å². The molecule has 68 valence electrons. The Bertz CT molecular complexity index is 266. The number of hydrogen-bond donors (Lipinski definition) is 1. The molecule has 0 saturated carbocycles. The molecule has 0 aliphatic heterocycles. The number of phosphoric acid groups is 1. The average Bonchev–Trinajstić information content (AvgIpc) is 1.79. The van der Waals surface area contributed by atoms with Crippen molar-refractivity contribution in [1.29, 1.82) is 0 Å². The van der Waals surface area contributed by atoms with E-state index in [1.807, 2.05) is 0 Å². The Morgan fingerprint density at radius 3 is 2.08 bits per heavy atom. The van der Waals surface area contributed by atoms with Crippen molar-refractivity contribution in [3.05, 3.63) is 12.2 Å². The minimum Gasteiger partial charge on any atom is -0.780 e. The summed E-state index contributed by atoms with van der Waals surface area (Å²) >= 11 is 0. The number of rotatable bonds is 3. The minimum atomic E-state index is -5.38. The number of carboxylic acids is 1. The number of aliphatic carboxylic acids is 1. The van der Waals surface area contributed by atoms with Gasteiger partial charge in [-0.3, -0.25) is 0 Å². The van der Waals surface area contributed by atoms with Crippen molar-refractivity contribution in [3.63, 3.8) is 0 Å². The summed E-state index contributed by atoms with van der Waals surface area (Å²) in [4.78, 5) is 39.4. The molecule has 9 heteroatoms. The van der Waals surface area contributed by atoms with Gasteiger partial charge in [-0.05, 0) is 0 Å². The van der Waals surface area contributed by atoms with Crippen LogP contribution in [-0.2, 0) is 18.7 Å². The molecular weight excluding hydrogens is 231 g/mol. The van der Waals surface area contributed by atoms with Gasteiger partial charge in [-0.1, -0.05) is 0 Å². The molecular formula is C4H3CaO7P. The van der Waals surface area contributed by atoms with Crippen LogP contribution in [0.15, 0.2) is 12.2 Å². The van der Waals surface area contributed by atoms with E-state index in [1.165, 1.54) is 0 Å². The second-order valence-electron chi connectivity index (χ2n) is 1.53. The summed E-state index contributed by atoms with van der Waals surface area (Å²) in [5.74, 6) is -3.00. The summed E-state index contributed by atoms with van der Waals surface area (Å²) in [5.41, 5.74) is 0. The van der Waals surface area contributed by atoms with Gasteiger partial charge in [-0.15, -0.1) is 0 Å². The van der Waals surface area contributed by atoms with Gasteiger partial charge in [0.15, 0.2) is 0 Å². The molecule has 7 nitrogen and oxygen atoms in total. The first-order chi connectivity index (χ1) is 5.31. The molecule has 0 heterocycles. The normalized spacial score (nSPS) is 10.6. The number of phosphoric ester groups is 1. The van der Waals surface area contributed by atoms with Gasteiger partial charge in [0.2, 0.25) is 0 Å². The first-order valence-electron chi connectivity index (χ1n) is 2.48. The van der Waals surface area contributed by atoms with Gasteiger partial charge < -0.3 is 24.0 Å². The predicted molar refractivity (Wildman–Crippen MR) is 36.2 cm³/mol. The van der Waals surface area contributed by atoms with Gasteiger partial charge in [0, 0.05) is 12.2 Å². The fraction of sp³-hybridized carbons (Fsp3) is 0. The van der Waals surface area contributed by atoms with E-state index in [9.17, 15) is 23.9 Å². The molecule has 0 unspecified atom stereocenters. The van der Waals surface area contributed by atoms with Gasteiger partial charge in [0.1, 0.15) is 7.82 Å². The second kappa shape index (κ2) is 6.53. The van der Waals surface area contributed by atoms with Crippen molar-refractivity contribution in [2.75, 3.05) is 0 Å². The van der Waals surface area contributed by atoms with Crippen LogP contribution in [0.1, 0.15) is 0 Å². The summed E-state index contributed by atoms with van der Waals surface area (Å²) < 4.78 is 13.0. The van der Waals surface area contributed by atoms with Crippen molar-refractivity contribution in [2.45, 2.75) is 0 Å². The van der Waals surface area contributed by atoms with Gasteiger partial charge in [-0.2, -0.15) is 0 Å². The van der Waals surface area contributed by atoms with Crippen LogP contribution in [0, 0.1) is 0 Å². The standard InChI is InChI=1S/C4H5O7P.Ca/c5-3(6)1-2-4(7)11-12(8,9)10;/h1-2H,(H,5,6)(H2,8,9,10);/q;+2/p-2/b2-1-;. The molecule has 0 atom stereocenters. The quantitative estimate of drug-likeness (QED) is 0.328. The van der Waals surface area contributed by atoms with Crippen molar-refractivity contribution in [3.8, 4) is 0 Å². The number of carboxylic acid groups (broad SMARTS) is 1. The van der Waals surface area contributed by atoms with E-state index in [2.05, 4.69) is 4.52 Å². The molecule has 1 N–H and O–H groups in total. The van der Waals surface area contributed by atoms with Gasteiger partial charge >= 0.3 is 49.7 Å². The molecule has 0 aromatic carbocycles. The van der Waals surface area contributed by atoms with E-state index in [0.29, 0.717) is 12.2 Å². The van der Waals surface area contributed by atoms with Crippen molar-refractivity contribution < 1.29 is 33.6 Å². The van der Waals surface area contributed by atoms with Gasteiger partial charge in [0.05, 0.1) is 0 Å². The topological polar surface area (TPSA) is 127 Å². The van der Waals surface area contributed by atoms with Crippen LogP contribution in [0.4, 0.5) is 0 Å². The smallest absolute Gasteiger partial charge is 0.780 e. The average molecular weight is 234 g/mol. The second-order valence-corrected chi connectivity index (χ2v) is 2.61. The van der Waals surface area contributed by atoms with Crippen LogP contribution in [-0.4, -0.2) is 54.8 Å². The fourth-order valence-corrected chi connectivity index (χ4v) is 0.561. The number of carbonyl (C=O) groups is 2. The molecule has 0 saturated heterocycles. The van der Waals surface area contributed by atoms with E-state index in [4.69, 9.17) is 5.11 Å². The molecule has 0 fully saturated rings. The summed E-state index contributed by atoms with van der Waals surface area (Å²) in [6, 6.07) is 0. The minimum absolute atomic E-state index is 0. The maximum Gasteiger partial charge on any atom is 2.00 e. The maximum absolute atomic E-state index is 10.2. The maximum atomic E-state index is 10.2. The molecule has 0 aliphatic carbocycles. The Balaban J connectivity index is 0. The molecule has 0 spiro atoms. The van der Waals surface area contributed by atoms with Crippen LogP contribution in [0.3, 0.4) is 0 Å². The Kier molecular flexibility index (Phi) is 7.81. The van der Waals surface area contributed by atoms with Crippen LogP contribution in [0.2, 0.25) is 0 Å². The number of hydrogen-bond acceptors (Lipinski definition) is 6. The van der Waals surface area contributed by atoms with Gasteiger partial charge in [-0.25, -0.2) is 9.59 Å². The van der Waals surface area contributed by atoms with Crippen molar-refractivity contribution in [1.82, 2.24) is 0 Å². The van der Waals surface area contributed by atoms with Crippen LogP contribution >= 0.6 is 7.82 Å². The third kappa shape index (κ3) is 12.1. The molecule has 0 aromatic heterocycles. The zero-order valence-electron chi connectivity index (χ0n) is 6.21. The Morgan fingerprint density at radius 1 is 1.31 bits per heavy atom. The summed E-state index contributed by atoms with van der Waals surface area (Å²) in [5, 5.41) is 7.94. The molecule has 13 heavy (non-hydrogen) atoms. The summed E-state index contributed by atoms with van der Waals surface area (Å²) in [6.07, 6.45) is 0.656. The van der Waals surface area contributed by atoms with Crippen molar-refractivity contribution >= 4 is 57.5 Å².